The molecule has 0 radical (unpaired) electrons. The number of piperidine rings is 1. The van der Waals surface area contributed by atoms with E-state index in [-0.39, 0.29) is 29.1 Å². The minimum Gasteiger partial charge on any atom is -0.481 e. The first-order valence-corrected chi connectivity index (χ1v) is 22.0. The monoisotopic (exact) mass is 947 g/mol. The van der Waals surface area contributed by atoms with Crippen LogP contribution in [-0.4, -0.2) is 88.4 Å². The Balaban J connectivity index is 0.000000177. The van der Waals surface area contributed by atoms with Crippen LogP contribution in [0.15, 0.2) is 94.3 Å². The molecule has 7 aromatic rings. The number of hydrogen-bond donors (Lipinski definition) is 10. The van der Waals surface area contributed by atoms with Gasteiger partial charge in [0.25, 0.3) is 0 Å². The third-order valence-electron chi connectivity index (χ3n) is 8.18. The fourth-order valence-corrected chi connectivity index (χ4v) is 8.21. The van der Waals surface area contributed by atoms with Gasteiger partial charge in [0, 0.05) is 62.2 Å². The van der Waals surface area contributed by atoms with Crippen LogP contribution in [0.1, 0.15) is 71.3 Å². The van der Waals surface area contributed by atoms with Gasteiger partial charge in [-0.2, -0.15) is 0 Å². The quantitative estimate of drug-likeness (QED) is 0.0664. The molecule has 1 aliphatic heterocycles. The highest BCUT2D eigenvalue weighted by atomic mass is 32.1. The molecule has 8 rings (SSSR count). The maximum atomic E-state index is 10.6. The number of nitrogens with two attached hydrogens (primary N) is 4. The molecule has 0 amide bonds. The Kier molecular flexibility index (Phi) is 18.8. The van der Waals surface area contributed by atoms with E-state index in [2.05, 4.69) is 25.3 Å². The highest BCUT2D eigenvalue weighted by molar-refractivity contribution is 7.14. The Bertz CT molecular complexity index is 2640. The predicted molar refractivity (Wildman–Crippen MR) is 247 cm³/mol. The van der Waals surface area contributed by atoms with Crippen LogP contribution in [0, 0.1) is 0 Å². The van der Waals surface area contributed by atoms with Gasteiger partial charge in [-0.05, 0) is 80.1 Å². The number of nitrogen functional groups attached to an aromatic ring is 4. The van der Waals surface area contributed by atoms with Crippen molar-refractivity contribution < 1.29 is 49.5 Å². The summed E-state index contributed by atoms with van der Waals surface area (Å²) in [7, 11) is 0. The lowest BCUT2D eigenvalue weighted by Crippen LogP contribution is -2.28. The number of anilines is 4. The Morgan fingerprint density at radius 3 is 1.59 bits per heavy atom. The normalized spacial score (nSPS) is 12.5. The minimum absolute atomic E-state index is 0.0479. The Hall–Kier alpha value is -7.31. The van der Waals surface area contributed by atoms with Crippen molar-refractivity contribution in [1.29, 1.82) is 0 Å². The van der Waals surface area contributed by atoms with Crippen LogP contribution in [0.3, 0.4) is 0 Å². The van der Waals surface area contributed by atoms with E-state index in [4.69, 9.17) is 48.5 Å². The maximum absolute atomic E-state index is 10.6. The lowest BCUT2D eigenvalue weighted by Gasteiger charge is -2.20. The molecular formula is C41H41N9O10S4. The molecule has 0 bridgehead atoms. The van der Waals surface area contributed by atoms with Gasteiger partial charge < -0.3 is 53.8 Å². The zero-order valence-electron chi connectivity index (χ0n) is 33.4. The Labute approximate surface area is 380 Å². The van der Waals surface area contributed by atoms with Crippen molar-refractivity contribution in [2.24, 2.45) is 0 Å². The number of hydrogen-bond acceptors (Lipinski definition) is 18. The number of aliphatic carboxylic acids is 1. The van der Waals surface area contributed by atoms with Crippen LogP contribution in [0.5, 0.6) is 0 Å². The summed E-state index contributed by atoms with van der Waals surface area (Å²) >= 11 is 5.30. The van der Waals surface area contributed by atoms with Gasteiger partial charge in [-0.1, -0.05) is 12.1 Å². The first-order chi connectivity index (χ1) is 30.5. The maximum Gasteiger partial charge on any atom is 0.355 e. The van der Waals surface area contributed by atoms with E-state index in [1.807, 2.05) is 24.3 Å². The summed E-state index contributed by atoms with van der Waals surface area (Å²) in [5, 5.41) is 55.2. The summed E-state index contributed by atoms with van der Waals surface area (Å²) in [6, 6.07) is 20.4. The molecular weight excluding hydrogens is 907 g/mol. The summed E-state index contributed by atoms with van der Waals surface area (Å²) in [6.45, 7) is 1.99. The van der Waals surface area contributed by atoms with Crippen molar-refractivity contribution in [2.45, 2.75) is 25.2 Å². The van der Waals surface area contributed by atoms with Gasteiger partial charge in [-0.25, -0.2) is 39.1 Å². The first kappa shape index (κ1) is 49.3. The van der Waals surface area contributed by atoms with Gasteiger partial charge >= 0.3 is 29.8 Å². The third-order valence-corrected chi connectivity index (χ3v) is 11.7. The molecule has 0 saturated carbocycles. The molecule has 0 spiro atoms. The molecule has 3 aromatic carbocycles. The van der Waals surface area contributed by atoms with Crippen LogP contribution in [-0.2, 0) is 11.2 Å². The summed E-state index contributed by atoms with van der Waals surface area (Å²) in [5.74, 6) is -4.36. The lowest BCUT2D eigenvalue weighted by atomic mass is 10.0. The van der Waals surface area contributed by atoms with Gasteiger partial charge in [-0.15, -0.1) is 45.3 Å². The van der Waals surface area contributed by atoms with Gasteiger partial charge in [0.2, 0.25) is 0 Å². The molecule has 5 heterocycles. The first-order valence-electron chi connectivity index (χ1n) is 18.5. The summed E-state index contributed by atoms with van der Waals surface area (Å²) in [5.41, 5.74) is 26.5. The fraction of sp³-hybridized carbons (Fsp3) is 0.146. The molecule has 1 unspecified atom stereocenters. The second-order valence-corrected chi connectivity index (χ2v) is 16.5. The molecule has 64 heavy (non-hydrogen) atoms. The number of carboxylic acids is 5. The molecule has 0 aliphatic carbocycles. The van der Waals surface area contributed by atoms with Crippen molar-refractivity contribution in [2.75, 3.05) is 36.0 Å². The zero-order valence-corrected chi connectivity index (χ0v) is 36.6. The van der Waals surface area contributed by atoms with E-state index in [0.717, 1.165) is 42.1 Å². The van der Waals surface area contributed by atoms with E-state index < -0.39 is 29.8 Å². The van der Waals surface area contributed by atoms with Crippen LogP contribution < -0.4 is 28.3 Å². The number of nitrogens with zero attached hydrogens (tertiary/aromatic N) is 4. The molecule has 23 heteroatoms. The number of rotatable bonds is 9. The van der Waals surface area contributed by atoms with E-state index >= 15 is 0 Å². The summed E-state index contributed by atoms with van der Waals surface area (Å²) in [6.07, 6.45) is 2.21. The average Bonchev–Trinajstić information content (AvgIpc) is 4.11. The van der Waals surface area contributed by atoms with Gasteiger partial charge in [0.1, 0.15) is 10.0 Å². The number of thiazole rings is 4. The van der Waals surface area contributed by atoms with E-state index in [0.29, 0.717) is 43.8 Å². The number of nitrogens with one attached hydrogen (secondary N) is 1. The van der Waals surface area contributed by atoms with Crippen LogP contribution in [0.4, 0.5) is 22.2 Å². The summed E-state index contributed by atoms with van der Waals surface area (Å²) < 4.78 is 0. The molecule has 1 atom stereocenters. The van der Waals surface area contributed by atoms with Crippen LogP contribution in [0.25, 0.3) is 21.1 Å². The van der Waals surface area contributed by atoms with Gasteiger partial charge in [-0.3, -0.25) is 4.79 Å². The lowest BCUT2D eigenvalue weighted by molar-refractivity contribution is -0.136. The highest BCUT2D eigenvalue weighted by Crippen LogP contribution is 2.27. The number of aromatic carboxylic acids is 4. The molecule has 334 valence electrons. The highest BCUT2D eigenvalue weighted by Gasteiger charge is 2.20. The van der Waals surface area contributed by atoms with Crippen LogP contribution in [0.2, 0.25) is 0 Å². The van der Waals surface area contributed by atoms with Crippen molar-refractivity contribution >= 4 is 97.4 Å². The van der Waals surface area contributed by atoms with Crippen molar-refractivity contribution in [3.05, 3.63) is 128 Å². The topological polar surface area (TPSA) is 354 Å². The molecule has 1 saturated heterocycles. The molecule has 19 nitrogen and oxygen atoms in total. The smallest absolute Gasteiger partial charge is 0.355 e. The molecule has 14 N–H and O–H groups in total. The zero-order chi connectivity index (χ0) is 46.8. The molecule has 1 aliphatic rings. The fourth-order valence-electron chi connectivity index (χ4n) is 5.13. The van der Waals surface area contributed by atoms with Gasteiger partial charge in [0.05, 0.1) is 22.7 Å². The van der Waals surface area contributed by atoms with Crippen molar-refractivity contribution in [1.82, 2.24) is 25.3 Å². The average molecular weight is 948 g/mol. The molecule has 1 fully saturated rings. The Morgan fingerprint density at radius 1 is 0.594 bits per heavy atom. The van der Waals surface area contributed by atoms with Crippen molar-refractivity contribution in [3.63, 3.8) is 0 Å². The second kappa shape index (κ2) is 24.4. The van der Waals surface area contributed by atoms with E-state index in [9.17, 15) is 24.0 Å². The van der Waals surface area contributed by atoms with E-state index in [1.165, 1.54) is 68.2 Å². The Morgan fingerprint density at radius 2 is 1.14 bits per heavy atom. The number of benzene rings is 3. The van der Waals surface area contributed by atoms with Gasteiger partial charge in [0.15, 0.2) is 22.2 Å². The molecule has 4 aromatic heterocycles. The number of aromatic nitrogens is 4. The SMILES string of the molecule is Nc1ccc(-c2nc(C(=O)O)cs2)cc1.Nc1ccc(C(=O)O)cc1.Nc1cccc(-c2nc(C(=O)O)cs2)c1.Nc1nc(CC(=O)O)cs1.O=C(O)c1csc(C2CCCNC2)n1. The van der Waals surface area contributed by atoms with Crippen molar-refractivity contribution in [3.8, 4) is 21.1 Å². The summed E-state index contributed by atoms with van der Waals surface area (Å²) in [4.78, 5) is 68.1. The number of carbonyl (C=O) groups is 5. The predicted octanol–water partition coefficient (Wildman–Crippen LogP) is 6.81. The van der Waals surface area contributed by atoms with Crippen LogP contribution >= 0.6 is 45.3 Å². The second-order valence-electron chi connectivity index (χ2n) is 13.0. The number of carboxylic acid groups (broad SMARTS) is 5. The standard InChI is InChI=1S/2C10H8N2O2S.C9H12N2O2S.C7H7NO2.C5H6N2O2S/c11-7-3-1-6(2-4-7)9-12-8(5-15-9)10(13)14;11-7-3-1-2-6(4-7)9-12-8(5-15-9)10(13)14;12-9(13)7-5-14-8(11-7)6-2-1-3-10-4-6;8-6-3-1-5(2-4-6)7(9)10;6-5-7-3(2-10-5)1-4(8)9/h2*1-5H,11H2,(H,13,14);5-6,10H,1-4H2,(H,12,13);1-4H,8H2,(H,9,10);2H,1H2,(H2,6,7)(H,8,9). The third kappa shape index (κ3) is 16.2. The van der Waals surface area contributed by atoms with E-state index in [1.54, 1.807) is 47.2 Å². The minimum atomic E-state index is -1.01. The largest absolute Gasteiger partial charge is 0.481 e.